The van der Waals surface area contributed by atoms with Crippen LogP contribution in [-0.4, -0.2) is 37.4 Å². The van der Waals surface area contributed by atoms with Crippen molar-refractivity contribution < 1.29 is 23.8 Å². The summed E-state index contributed by atoms with van der Waals surface area (Å²) in [5, 5.41) is 15.4. The van der Waals surface area contributed by atoms with Gasteiger partial charge in [-0.05, 0) is 55.7 Å². The Morgan fingerprint density at radius 2 is 1.71 bits per heavy atom. The molecule has 2 rings (SSSR count). The van der Waals surface area contributed by atoms with Gasteiger partial charge in [-0.3, -0.25) is 0 Å². The Kier molecular flexibility index (Phi) is 8.55. The largest absolute Gasteiger partial charge is 0.490 e. The number of rotatable bonds is 10. The second-order valence-electron chi connectivity index (χ2n) is 6.10. The predicted molar refractivity (Wildman–Crippen MR) is 105 cm³/mol. The number of hydrogen-bond donors (Lipinski definition) is 3. The number of amides is 2. The Bertz CT molecular complexity index is 753. The molecule has 0 fully saturated rings. The average Bonchev–Trinajstić information content (AvgIpc) is 2.69. The summed E-state index contributed by atoms with van der Waals surface area (Å²) in [6, 6.07) is 10.8. The van der Waals surface area contributed by atoms with Crippen LogP contribution < -0.4 is 20.1 Å². The second-order valence-corrected chi connectivity index (χ2v) is 6.10. The average molecular weight is 390 g/mol. The Morgan fingerprint density at radius 3 is 2.39 bits per heavy atom. The van der Waals surface area contributed by atoms with Crippen molar-refractivity contribution in [1.82, 2.24) is 10.6 Å². The SMILES string of the molecule is CCOc1ccc(CCNC(=O)NCC(O)c2ccc(F)cc2)cc1OCC. The molecule has 0 heterocycles. The van der Waals surface area contributed by atoms with Gasteiger partial charge in [0.25, 0.3) is 0 Å². The van der Waals surface area contributed by atoms with Crippen LogP contribution in [0, 0.1) is 5.82 Å². The fourth-order valence-electron chi connectivity index (χ4n) is 2.63. The third kappa shape index (κ3) is 6.74. The first-order valence-corrected chi connectivity index (χ1v) is 9.37. The third-order valence-electron chi connectivity index (χ3n) is 4.02. The minimum absolute atomic E-state index is 0.0367. The summed E-state index contributed by atoms with van der Waals surface area (Å²) in [4.78, 5) is 11.9. The van der Waals surface area contributed by atoms with Gasteiger partial charge in [0.15, 0.2) is 11.5 Å². The molecule has 28 heavy (non-hydrogen) atoms. The maximum atomic E-state index is 12.9. The van der Waals surface area contributed by atoms with E-state index in [-0.39, 0.29) is 18.4 Å². The molecule has 0 aliphatic carbocycles. The third-order valence-corrected chi connectivity index (χ3v) is 4.02. The Balaban J connectivity index is 1.77. The van der Waals surface area contributed by atoms with Crippen LogP contribution >= 0.6 is 0 Å². The highest BCUT2D eigenvalue weighted by Gasteiger charge is 2.10. The van der Waals surface area contributed by atoms with E-state index in [1.165, 1.54) is 24.3 Å². The molecule has 0 aliphatic heterocycles. The second kappa shape index (κ2) is 11.1. The highest BCUT2D eigenvalue weighted by atomic mass is 19.1. The molecule has 0 saturated carbocycles. The van der Waals surface area contributed by atoms with Crippen molar-refractivity contribution in [3.63, 3.8) is 0 Å². The molecule has 0 saturated heterocycles. The van der Waals surface area contributed by atoms with Crippen LogP contribution in [0.1, 0.15) is 31.1 Å². The van der Waals surface area contributed by atoms with E-state index >= 15 is 0 Å². The fourth-order valence-corrected chi connectivity index (χ4v) is 2.63. The lowest BCUT2D eigenvalue weighted by Crippen LogP contribution is -2.38. The van der Waals surface area contributed by atoms with E-state index in [4.69, 9.17) is 9.47 Å². The molecule has 6 nitrogen and oxygen atoms in total. The number of aliphatic hydroxyl groups excluding tert-OH is 1. The van der Waals surface area contributed by atoms with E-state index in [1.807, 2.05) is 32.0 Å². The first kappa shape index (κ1) is 21.5. The smallest absolute Gasteiger partial charge is 0.314 e. The summed E-state index contributed by atoms with van der Waals surface area (Å²) in [5.41, 5.74) is 1.55. The number of benzene rings is 2. The van der Waals surface area contributed by atoms with Crippen LogP contribution in [0.25, 0.3) is 0 Å². The van der Waals surface area contributed by atoms with Gasteiger partial charge in [-0.25, -0.2) is 9.18 Å². The van der Waals surface area contributed by atoms with Crippen LogP contribution in [0.5, 0.6) is 11.5 Å². The van der Waals surface area contributed by atoms with Crippen LogP contribution in [0.3, 0.4) is 0 Å². The summed E-state index contributed by atoms with van der Waals surface area (Å²) in [5.74, 6) is 1.02. The lowest BCUT2D eigenvalue weighted by molar-refractivity contribution is 0.173. The van der Waals surface area contributed by atoms with Crippen LogP contribution in [0.4, 0.5) is 9.18 Å². The topological polar surface area (TPSA) is 79.8 Å². The van der Waals surface area contributed by atoms with Crippen molar-refractivity contribution in [2.45, 2.75) is 26.4 Å². The predicted octanol–water partition coefficient (Wildman–Crippen LogP) is 3.20. The normalized spacial score (nSPS) is 11.6. The van der Waals surface area contributed by atoms with Gasteiger partial charge < -0.3 is 25.2 Å². The maximum absolute atomic E-state index is 12.9. The van der Waals surface area contributed by atoms with E-state index in [0.717, 1.165) is 5.56 Å². The molecule has 0 radical (unpaired) electrons. The van der Waals surface area contributed by atoms with Crippen LogP contribution in [0.2, 0.25) is 0 Å². The van der Waals surface area contributed by atoms with E-state index in [9.17, 15) is 14.3 Å². The monoisotopic (exact) mass is 390 g/mol. The zero-order valence-corrected chi connectivity index (χ0v) is 16.2. The molecular weight excluding hydrogens is 363 g/mol. The van der Waals surface area contributed by atoms with Crippen molar-refractivity contribution in [2.24, 2.45) is 0 Å². The van der Waals surface area contributed by atoms with Crippen LogP contribution in [0.15, 0.2) is 42.5 Å². The van der Waals surface area contributed by atoms with Gasteiger partial charge in [-0.2, -0.15) is 0 Å². The lowest BCUT2D eigenvalue weighted by atomic mass is 10.1. The van der Waals surface area contributed by atoms with Crippen molar-refractivity contribution in [3.8, 4) is 11.5 Å². The van der Waals surface area contributed by atoms with Crippen molar-refractivity contribution in [3.05, 3.63) is 59.4 Å². The molecule has 0 aliphatic rings. The van der Waals surface area contributed by atoms with Gasteiger partial charge in [-0.15, -0.1) is 0 Å². The number of aliphatic hydroxyl groups is 1. The number of halogens is 1. The van der Waals surface area contributed by atoms with Gasteiger partial charge in [0.1, 0.15) is 5.82 Å². The molecule has 2 aromatic carbocycles. The maximum Gasteiger partial charge on any atom is 0.314 e. The highest BCUT2D eigenvalue weighted by Crippen LogP contribution is 2.28. The summed E-state index contributed by atoms with van der Waals surface area (Å²) in [6.07, 6.45) is -0.272. The fraction of sp³-hybridized carbons (Fsp3) is 0.381. The summed E-state index contributed by atoms with van der Waals surface area (Å²) < 4.78 is 24.0. The number of ether oxygens (including phenoxy) is 2. The molecule has 0 spiro atoms. The van der Waals surface area contributed by atoms with E-state index in [0.29, 0.717) is 43.2 Å². The number of nitrogens with one attached hydrogen (secondary N) is 2. The van der Waals surface area contributed by atoms with Gasteiger partial charge in [0, 0.05) is 13.1 Å². The Labute approximate surface area is 164 Å². The highest BCUT2D eigenvalue weighted by molar-refractivity contribution is 5.73. The first-order chi connectivity index (χ1) is 13.5. The zero-order valence-electron chi connectivity index (χ0n) is 16.2. The Hall–Kier alpha value is -2.80. The minimum atomic E-state index is -0.897. The lowest BCUT2D eigenvalue weighted by Gasteiger charge is -2.14. The molecule has 1 atom stereocenters. The van der Waals surface area contributed by atoms with Crippen molar-refractivity contribution >= 4 is 6.03 Å². The summed E-state index contributed by atoms with van der Waals surface area (Å²) in [7, 11) is 0. The first-order valence-electron chi connectivity index (χ1n) is 9.37. The number of urea groups is 1. The zero-order chi connectivity index (χ0) is 20.4. The molecule has 2 amide bonds. The number of hydrogen-bond acceptors (Lipinski definition) is 4. The number of carbonyl (C=O) groups is 1. The van der Waals surface area contributed by atoms with Crippen LogP contribution in [-0.2, 0) is 6.42 Å². The molecule has 2 aromatic rings. The summed E-state index contributed by atoms with van der Waals surface area (Å²) in [6.45, 7) is 5.40. The van der Waals surface area contributed by atoms with E-state index < -0.39 is 6.10 Å². The summed E-state index contributed by atoms with van der Waals surface area (Å²) >= 11 is 0. The van der Waals surface area contributed by atoms with E-state index in [1.54, 1.807) is 0 Å². The standard InChI is InChI=1S/C21H27FN2O4/c1-3-27-19-10-5-15(13-20(19)28-4-2)11-12-23-21(26)24-14-18(25)16-6-8-17(22)9-7-16/h5-10,13,18,25H,3-4,11-12,14H2,1-2H3,(H2,23,24,26). The van der Waals surface area contributed by atoms with E-state index in [2.05, 4.69) is 10.6 Å². The molecule has 152 valence electrons. The molecule has 0 aromatic heterocycles. The van der Waals surface area contributed by atoms with Gasteiger partial charge in [0.2, 0.25) is 0 Å². The van der Waals surface area contributed by atoms with Gasteiger partial charge in [0.05, 0.1) is 19.3 Å². The van der Waals surface area contributed by atoms with Crippen molar-refractivity contribution in [2.75, 3.05) is 26.3 Å². The molecule has 0 bridgehead atoms. The molecule has 3 N–H and O–H groups in total. The molecule has 7 heteroatoms. The quantitative estimate of drug-likeness (QED) is 0.582. The van der Waals surface area contributed by atoms with Crippen molar-refractivity contribution in [1.29, 1.82) is 0 Å². The minimum Gasteiger partial charge on any atom is -0.490 e. The number of carbonyl (C=O) groups excluding carboxylic acids is 1. The molecule has 1 unspecified atom stereocenters. The molecular formula is C21H27FN2O4. The van der Waals surface area contributed by atoms with Gasteiger partial charge >= 0.3 is 6.03 Å². The Morgan fingerprint density at radius 1 is 1.04 bits per heavy atom. The van der Waals surface area contributed by atoms with Gasteiger partial charge in [-0.1, -0.05) is 18.2 Å².